The largest absolute Gasteiger partial charge is 0.479 e. The molecule has 0 aliphatic carbocycles. The van der Waals surface area contributed by atoms with E-state index in [1.165, 1.54) is 6.92 Å². The molecule has 0 aromatic heterocycles. The average molecular weight is 231 g/mol. The average Bonchev–Trinajstić information content (AvgIpc) is 2.17. The number of aliphatic carboxylic acids is 1. The monoisotopic (exact) mass is 231 g/mol. The summed E-state index contributed by atoms with van der Waals surface area (Å²) in [5.74, 6) is -0.718. The molecule has 0 bridgehead atoms. The van der Waals surface area contributed by atoms with Gasteiger partial charge in [-0.15, -0.1) is 0 Å². The van der Waals surface area contributed by atoms with Gasteiger partial charge in [0, 0.05) is 20.2 Å². The predicted octanol–water partition coefficient (Wildman–Crippen LogP) is 0.180. The Hall–Kier alpha value is -0.650. The summed E-state index contributed by atoms with van der Waals surface area (Å²) in [7, 11) is 1.67. The fourth-order valence-corrected chi connectivity index (χ4v) is 2.17. The van der Waals surface area contributed by atoms with Crippen LogP contribution in [0.15, 0.2) is 0 Å². The lowest BCUT2D eigenvalue weighted by Gasteiger charge is -2.35. The van der Waals surface area contributed by atoms with Crippen LogP contribution in [-0.4, -0.2) is 60.0 Å². The Balaban J connectivity index is 2.45. The van der Waals surface area contributed by atoms with Gasteiger partial charge in [0.2, 0.25) is 0 Å². The highest BCUT2D eigenvalue weighted by molar-refractivity contribution is 5.76. The molecule has 0 radical (unpaired) electrons. The number of aliphatic hydroxyl groups is 1. The number of carbonyl (C=O) groups is 1. The molecule has 5 nitrogen and oxygen atoms in total. The molecule has 0 saturated carbocycles. The Bertz CT molecular complexity index is 240. The Morgan fingerprint density at radius 1 is 1.62 bits per heavy atom. The summed E-state index contributed by atoms with van der Waals surface area (Å²) in [5, 5.41) is 18.5. The molecule has 1 saturated heterocycles. The van der Waals surface area contributed by atoms with E-state index in [-0.39, 0.29) is 6.54 Å². The lowest BCUT2D eigenvalue weighted by Crippen LogP contribution is -2.50. The van der Waals surface area contributed by atoms with Crippen molar-refractivity contribution in [2.75, 3.05) is 33.4 Å². The van der Waals surface area contributed by atoms with Gasteiger partial charge >= 0.3 is 5.97 Å². The van der Waals surface area contributed by atoms with Crippen LogP contribution in [0.4, 0.5) is 0 Å². The molecule has 2 atom stereocenters. The van der Waals surface area contributed by atoms with Crippen LogP contribution in [0.2, 0.25) is 0 Å². The van der Waals surface area contributed by atoms with Crippen LogP contribution in [0, 0.1) is 5.92 Å². The Labute approximate surface area is 96.0 Å². The van der Waals surface area contributed by atoms with E-state index in [0.29, 0.717) is 12.5 Å². The number of methoxy groups -OCH3 is 1. The van der Waals surface area contributed by atoms with Crippen LogP contribution in [0.1, 0.15) is 19.8 Å². The second-order valence-electron chi connectivity index (χ2n) is 4.78. The maximum Gasteiger partial charge on any atom is 0.336 e. The minimum atomic E-state index is -1.66. The minimum Gasteiger partial charge on any atom is -0.479 e. The van der Waals surface area contributed by atoms with Crippen LogP contribution in [-0.2, 0) is 9.53 Å². The lowest BCUT2D eigenvalue weighted by molar-refractivity contribution is -0.159. The van der Waals surface area contributed by atoms with Crippen LogP contribution >= 0.6 is 0 Å². The highest BCUT2D eigenvalue weighted by Gasteiger charge is 2.33. The third-order valence-corrected chi connectivity index (χ3v) is 3.00. The second kappa shape index (κ2) is 5.61. The van der Waals surface area contributed by atoms with E-state index < -0.39 is 11.6 Å². The standard InChI is InChI=1S/C11H21NO4/c1-11(15,10(13)14)8-12-5-3-4-9(6-12)7-16-2/h9,15H,3-8H2,1-2H3,(H,13,14). The number of nitrogens with zero attached hydrogens (tertiary/aromatic N) is 1. The van der Waals surface area contributed by atoms with Gasteiger partial charge in [0.1, 0.15) is 0 Å². The molecule has 1 aliphatic rings. The Kier molecular flexibility index (Phi) is 4.70. The van der Waals surface area contributed by atoms with E-state index in [0.717, 1.165) is 25.9 Å². The fourth-order valence-electron chi connectivity index (χ4n) is 2.17. The van der Waals surface area contributed by atoms with E-state index >= 15 is 0 Å². The van der Waals surface area contributed by atoms with Gasteiger partial charge in [-0.25, -0.2) is 4.79 Å². The number of rotatable bonds is 5. The van der Waals surface area contributed by atoms with Crippen molar-refractivity contribution in [1.29, 1.82) is 0 Å². The zero-order chi connectivity index (χ0) is 12.2. The zero-order valence-corrected chi connectivity index (χ0v) is 9.98. The Morgan fingerprint density at radius 3 is 2.88 bits per heavy atom. The molecule has 0 amide bonds. The zero-order valence-electron chi connectivity index (χ0n) is 9.98. The molecule has 0 aromatic rings. The van der Waals surface area contributed by atoms with E-state index in [1.54, 1.807) is 7.11 Å². The number of hydrogen-bond donors (Lipinski definition) is 2. The van der Waals surface area contributed by atoms with Gasteiger partial charge in [-0.2, -0.15) is 0 Å². The van der Waals surface area contributed by atoms with E-state index in [2.05, 4.69) is 0 Å². The first-order valence-electron chi connectivity index (χ1n) is 5.63. The normalized spacial score (nSPS) is 26.3. The molecule has 2 unspecified atom stereocenters. The molecule has 1 heterocycles. The molecule has 0 aromatic carbocycles. The number of ether oxygens (including phenoxy) is 1. The number of likely N-dealkylation sites (tertiary alicyclic amines) is 1. The summed E-state index contributed by atoms with van der Waals surface area (Å²) in [4.78, 5) is 12.8. The molecule has 1 rings (SSSR count). The molecule has 0 spiro atoms. The summed E-state index contributed by atoms with van der Waals surface area (Å²) >= 11 is 0. The van der Waals surface area contributed by atoms with Crippen molar-refractivity contribution in [2.24, 2.45) is 5.92 Å². The first-order chi connectivity index (χ1) is 7.45. The molecule has 5 heteroatoms. The smallest absolute Gasteiger partial charge is 0.336 e. The van der Waals surface area contributed by atoms with Crippen LogP contribution < -0.4 is 0 Å². The van der Waals surface area contributed by atoms with Gasteiger partial charge in [-0.1, -0.05) is 0 Å². The number of piperidine rings is 1. The lowest BCUT2D eigenvalue weighted by atomic mass is 9.97. The molecule has 1 aliphatic heterocycles. The topological polar surface area (TPSA) is 70.0 Å². The van der Waals surface area contributed by atoms with Gasteiger partial charge in [0.05, 0.1) is 6.61 Å². The van der Waals surface area contributed by atoms with Gasteiger partial charge < -0.3 is 14.9 Å². The van der Waals surface area contributed by atoms with Crippen molar-refractivity contribution >= 4 is 5.97 Å². The minimum absolute atomic E-state index is 0.183. The van der Waals surface area contributed by atoms with Crippen molar-refractivity contribution in [1.82, 2.24) is 4.90 Å². The van der Waals surface area contributed by atoms with Crippen LogP contribution in [0.5, 0.6) is 0 Å². The molecule has 16 heavy (non-hydrogen) atoms. The molecule has 2 N–H and O–H groups in total. The predicted molar refractivity (Wildman–Crippen MR) is 59.3 cm³/mol. The first-order valence-corrected chi connectivity index (χ1v) is 5.63. The van der Waals surface area contributed by atoms with Crippen molar-refractivity contribution in [2.45, 2.75) is 25.4 Å². The first kappa shape index (κ1) is 13.4. The third kappa shape index (κ3) is 3.73. The molecule has 94 valence electrons. The number of carboxylic acids is 1. The van der Waals surface area contributed by atoms with Gasteiger partial charge in [0.25, 0.3) is 0 Å². The summed E-state index contributed by atoms with van der Waals surface area (Å²) < 4.78 is 5.10. The quantitative estimate of drug-likeness (QED) is 0.706. The number of hydrogen-bond acceptors (Lipinski definition) is 4. The van der Waals surface area contributed by atoms with Crippen LogP contribution in [0.25, 0.3) is 0 Å². The third-order valence-electron chi connectivity index (χ3n) is 3.00. The summed E-state index contributed by atoms with van der Waals surface area (Å²) in [6.07, 6.45) is 2.14. The molecular formula is C11H21NO4. The summed E-state index contributed by atoms with van der Waals surface area (Å²) in [6, 6.07) is 0. The highest BCUT2D eigenvalue weighted by Crippen LogP contribution is 2.18. The second-order valence-corrected chi connectivity index (χ2v) is 4.78. The van der Waals surface area contributed by atoms with Gasteiger partial charge in [0.15, 0.2) is 5.60 Å². The van der Waals surface area contributed by atoms with E-state index in [9.17, 15) is 9.90 Å². The van der Waals surface area contributed by atoms with Gasteiger partial charge in [-0.3, -0.25) is 4.90 Å². The van der Waals surface area contributed by atoms with Crippen molar-refractivity contribution in [3.05, 3.63) is 0 Å². The van der Waals surface area contributed by atoms with Crippen molar-refractivity contribution in [3.63, 3.8) is 0 Å². The molecule has 1 fully saturated rings. The van der Waals surface area contributed by atoms with E-state index in [4.69, 9.17) is 9.84 Å². The SMILES string of the molecule is COCC1CCCN(CC(C)(O)C(=O)O)C1. The maximum absolute atomic E-state index is 10.8. The number of β-amino-alcohol motifs (C(OH)–C–C–N with tert-alkyl or cyclic N) is 1. The summed E-state index contributed by atoms with van der Waals surface area (Å²) in [5.41, 5.74) is -1.66. The van der Waals surface area contributed by atoms with Crippen molar-refractivity contribution in [3.8, 4) is 0 Å². The number of carboxylic acid groups (broad SMARTS) is 1. The van der Waals surface area contributed by atoms with Gasteiger partial charge in [-0.05, 0) is 32.2 Å². The molecular weight excluding hydrogens is 210 g/mol. The van der Waals surface area contributed by atoms with Crippen LogP contribution in [0.3, 0.4) is 0 Å². The highest BCUT2D eigenvalue weighted by atomic mass is 16.5. The Morgan fingerprint density at radius 2 is 2.31 bits per heavy atom. The maximum atomic E-state index is 10.8. The summed E-state index contributed by atoms with van der Waals surface area (Å²) in [6.45, 7) is 3.88. The fraction of sp³-hybridized carbons (Fsp3) is 0.909. The van der Waals surface area contributed by atoms with E-state index in [1.807, 2.05) is 4.90 Å². The van der Waals surface area contributed by atoms with Crippen molar-refractivity contribution < 1.29 is 19.7 Å².